The molecule has 0 aliphatic heterocycles. The van der Waals surface area contributed by atoms with Gasteiger partial charge < -0.3 is 18.9 Å². The normalized spacial score (nSPS) is 10.5. The highest BCUT2D eigenvalue weighted by Crippen LogP contribution is 2.29. The maximum absolute atomic E-state index is 12.4. The third-order valence-corrected chi connectivity index (χ3v) is 4.64. The zero-order valence-electron chi connectivity index (χ0n) is 17.9. The van der Waals surface area contributed by atoms with Gasteiger partial charge in [0.15, 0.2) is 29.6 Å². The van der Waals surface area contributed by atoms with Crippen LogP contribution in [0.5, 0.6) is 23.0 Å². The summed E-state index contributed by atoms with van der Waals surface area (Å²) < 4.78 is 21.3. The SMILES string of the molecule is COc1ccccc1OCC(=O)N/N=C/c1ccc(OC(=O)c2ccccc2Cl)c(OC)c1. The number of nitrogens with zero attached hydrogens (tertiary/aromatic N) is 1. The highest BCUT2D eigenvalue weighted by atomic mass is 35.5. The molecular formula is C24H21ClN2O6. The van der Waals surface area contributed by atoms with Crippen LogP contribution in [0.15, 0.2) is 71.8 Å². The smallest absolute Gasteiger partial charge is 0.345 e. The van der Waals surface area contributed by atoms with Gasteiger partial charge in [0.2, 0.25) is 0 Å². The number of para-hydroxylation sites is 2. The van der Waals surface area contributed by atoms with E-state index < -0.39 is 11.9 Å². The van der Waals surface area contributed by atoms with Gasteiger partial charge in [-0.05, 0) is 48.0 Å². The highest BCUT2D eigenvalue weighted by molar-refractivity contribution is 6.33. The lowest BCUT2D eigenvalue weighted by atomic mass is 10.2. The quantitative estimate of drug-likeness (QED) is 0.220. The number of nitrogens with one attached hydrogen (secondary N) is 1. The van der Waals surface area contributed by atoms with Gasteiger partial charge in [-0.2, -0.15) is 5.10 Å². The number of benzene rings is 3. The van der Waals surface area contributed by atoms with E-state index in [2.05, 4.69) is 10.5 Å². The van der Waals surface area contributed by atoms with Gasteiger partial charge >= 0.3 is 5.97 Å². The zero-order chi connectivity index (χ0) is 23.6. The van der Waals surface area contributed by atoms with Crippen molar-refractivity contribution in [1.29, 1.82) is 0 Å². The summed E-state index contributed by atoms with van der Waals surface area (Å²) in [4.78, 5) is 24.4. The van der Waals surface area contributed by atoms with Crippen LogP contribution in [0.1, 0.15) is 15.9 Å². The van der Waals surface area contributed by atoms with Gasteiger partial charge in [0.25, 0.3) is 5.91 Å². The van der Waals surface area contributed by atoms with Crippen LogP contribution in [-0.4, -0.2) is 38.9 Å². The number of hydrogen-bond acceptors (Lipinski definition) is 7. The van der Waals surface area contributed by atoms with Crippen molar-refractivity contribution in [3.8, 4) is 23.0 Å². The van der Waals surface area contributed by atoms with E-state index in [1.165, 1.54) is 20.4 Å². The standard InChI is InChI=1S/C24H21ClN2O6/c1-30-19-9-5-6-10-20(19)32-15-23(28)27-26-14-16-11-12-21(22(13-16)31-2)33-24(29)17-7-3-4-8-18(17)25/h3-14H,15H2,1-2H3,(H,27,28)/b26-14+. The Bertz CT molecular complexity index is 1170. The molecule has 0 saturated heterocycles. The Balaban J connectivity index is 1.58. The molecule has 0 saturated carbocycles. The van der Waals surface area contributed by atoms with Crippen molar-refractivity contribution >= 4 is 29.7 Å². The van der Waals surface area contributed by atoms with Gasteiger partial charge in [0.05, 0.1) is 31.0 Å². The molecule has 0 bridgehead atoms. The molecule has 170 valence electrons. The van der Waals surface area contributed by atoms with E-state index in [0.29, 0.717) is 22.8 Å². The highest BCUT2D eigenvalue weighted by Gasteiger charge is 2.15. The summed E-state index contributed by atoms with van der Waals surface area (Å²) in [6, 6.07) is 18.4. The van der Waals surface area contributed by atoms with Crippen molar-refractivity contribution in [3.63, 3.8) is 0 Å². The number of hydrogen-bond donors (Lipinski definition) is 1. The zero-order valence-corrected chi connectivity index (χ0v) is 18.7. The minimum atomic E-state index is -0.609. The summed E-state index contributed by atoms with van der Waals surface area (Å²) in [5.74, 6) is 0.443. The first-order valence-corrected chi connectivity index (χ1v) is 10.1. The van der Waals surface area contributed by atoms with Crippen molar-refractivity contribution in [1.82, 2.24) is 5.43 Å². The van der Waals surface area contributed by atoms with E-state index >= 15 is 0 Å². The van der Waals surface area contributed by atoms with Crippen LogP contribution in [0.4, 0.5) is 0 Å². The van der Waals surface area contributed by atoms with Gasteiger partial charge in [-0.15, -0.1) is 0 Å². The molecule has 0 unspecified atom stereocenters. The van der Waals surface area contributed by atoms with Gasteiger partial charge in [0, 0.05) is 0 Å². The fourth-order valence-corrected chi connectivity index (χ4v) is 2.94. The Morgan fingerprint density at radius 3 is 2.33 bits per heavy atom. The number of hydrazone groups is 1. The fourth-order valence-electron chi connectivity index (χ4n) is 2.72. The molecule has 0 aliphatic carbocycles. The summed E-state index contributed by atoms with van der Waals surface area (Å²) in [6.07, 6.45) is 1.42. The molecule has 3 aromatic rings. The number of esters is 1. The molecule has 0 aliphatic rings. The molecule has 3 aromatic carbocycles. The molecular weight excluding hydrogens is 448 g/mol. The lowest BCUT2D eigenvalue weighted by Gasteiger charge is -2.10. The van der Waals surface area contributed by atoms with E-state index in [4.69, 9.17) is 30.5 Å². The summed E-state index contributed by atoms with van der Waals surface area (Å²) in [5, 5.41) is 4.19. The molecule has 0 atom stereocenters. The lowest BCUT2D eigenvalue weighted by Crippen LogP contribution is -2.24. The number of ether oxygens (including phenoxy) is 4. The summed E-state index contributed by atoms with van der Waals surface area (Å²) >= 11 is 6.04. The third kappa shape index (κ3) is 6.47. The maximum atomic E-state index is 12.4. The van der Waals surface area contributed by atoms with E-state index in [0.717, 1.165) is 0 Å². The van der Waals surface area contributed by atoms with E-state index in [1.807, 2.05) is 0 Å². The summed E-state index contributed by atoms with van der Waals surface area (Å²) in [6.45, 7) is -0.238. The van der Waals surface area contributed by atoms with Crippen LogP contribution >= 0.6 is 11.6 Å². The fraction of sp³-hybridized carbons (Fsp3) is 0.125. The molecule has 0 spiro atoms. The van der Waals surface area contributed by atoms with Crippen LogP contribution < -0.4 is 24.4 Å². The van der Waals surface area contributed by atoms with E-state index in [9.17, 15) is 9.59 Å². The van der Waals surface area contributed by atoms with Gasteiger partial charge in [-0.3, -0.25) is 4.79 Å². The first-order chi connectivity index (χ1) is 16.0. The van der Waals surface area contributed by atoms with E-state index in [-0.39, 0.29) is 22.9 Å². The largest absolute Gasteiger partial charge is 0.493 e. The Kier molecular flexibility index (Phi) is 8.26. The topological polar surface area (TPSA) is 95.5 Å². The number of carbonyl (C=O) groups excluding carboxylic acids is 2. The third-order valence-electron chi connectivity index (χ3n) is 4.31. The molecule has 9 heteroatoms. The Morgan fingerprint density at radius 2 is 1.61 bits per heavy atom. The average molecular weight is 469 g/mol. The first-order valence-electron chi connectivity index (χ1n) is 9.74. The first kappa shape index (κ1) is 23.6. The van der Waals surface area contributed by atoms with Crippen LogP contribution in [0, 0.1) is 0 Å². The number of amides is 1. The second-order valence-corrected chi connectivity index (χ2v) is 6.92. The predicted molar refractivity (Wildman–Crippen MR) is 124 cm³/mol. The van der Waals surface area contributed by atoms with Crippen LogP contribution in [0.25, 0.3) is 0 Å². The average Bonchev–Trinajstić information content (AvgIpc) is 2.83. The van der Waals surface area contributed by atoms with Crippen molar-refractivity contribution in [2.45, 2.75) is 0 Å². The number of carbonyl (C=O) groups is 2. The second kappa shape index (κ2) is 11.5. The molecule has 1 amide bonds. The van der Waals surface area contributed by atoms with Crippen molar-refractivity contribution in [3.05, 3.63) is 82.9 Å². The molecule has 3 rings (SSSR count). The number of methoxy groups -OCH3 is 2. The molecule has 0 heterocycles. The van der Waals surface area contributed by atoms with Crippen molar-refractivity contribution < 1.29 is 28.5 Å². The minimum Gasteiger partial charge on any atom is -0.493 e. The van der Waals surface area contributed by atoms with Crippen LogP contribution in [0.2, 0.25) is 5.02 Å². The van der Waals surface area contributed by atoms with Gasteiger partial charge in [-0.25, -0.2) is 10.2 Å². The second-order valence-electron chi connectivity index (χ2n) is 6.51. The maximum Gasteiger partial charge on any atom is 0.345 e. The molecule has 0 radical (unpaired) electrons. The van der Waals surface area contributed by atoms with Crippen LogP contribution in [0.3, 0.4) is 0 Å². The molecule has 0 aromatic heterocycles. The van der Waals surface area contributed by atoms with Crippen LogP contribution in [-0.2, 0) is 4.79 Å². The minimum absolute atomic E-state index is 0.216. The Labute approximate surface area is 195 Å². The molecule has 8 nitrogen and oxygen atoms in total. The Morgan fingerprint density at radius 1 is 0.909 bits per heavy atom. The monoisotopic (exact) mass is 468 g/mol. The van der Waals surface area contributed by atoms with Crippen molar-refractivity contribution in [2.75, 3.05) is 20.8 Å². The molecule has 1 N–H and O–H groups in total. The summed E-state index contributed by atoms with van der Waals surface area (Å²) in [5.41, 5.74) is 3.22. The predicted octanol–water partition coefficient (Wildman–Crippen LogP) is 4.11. The molecule has 0 fully saturated rings. The number of halogens is 1. The summed E-state index contributed by atoms with van der Waals surface area (Å²) in [7, 11) is 2.96. The lowest BCUT2D eigenvalue weighted by molar-refractivity contribution is -0.123. The van der Waals surface area contributed by atoms with Gasteiger partial charge in [-0.1, -0.05) is 35.9 Å². The van der Waals surface area contributed by atoms with E-state index in [1.54, 1.807) is 66.7 Å². The number of rotatable bonds is 9. The van der Waals surface area contributed by atoms with Crippen molar-refractivity contribution in [2.24, 2.45) is 5.10 Å². The Hall–Kier alpha value is -4.04. The molecule has 33 heavy (non-hydrogen) atoms. The van der Waals surface area contributed by atoms with Gasteiger partial charge in [0.1, 0.15) is 0 Å².